The first-order valence-corrected chi connectivity index (χ1v) is 8.37. The highest BCUT2D eigenvalue weighted by Crippen LogP contribution is 2.31. The quantitative estimate of drug-likeness (QED) is 0.762. The Bertz CT molecular complexity index is 799. The molecule has 0 aliphatic rings. The van der Waals surface area contributed by atoms with Crippen LogP contribution in [0.25, 0.3) is 0 Å². The summed E-state index contributed by atoms with van der Waals surface area (Å²) in [6, 6.07) is 11.8. The monoisotopic (exact) mass is 379 g/mol. The molecule has 2 rings (SSSR count). The fraction of sp³-hybridized carbons (Fsp3) is 0.300. The Kier molecular flexibility index (Phi) is 6.60. The van der Waals surface area contributed by atoms with Crippen molar-refractivity contribution in [3.63, 3.8) is 0 Å². The number of alkyl halides is 3. The molecule has 0 fully saturated rings. The smallest absolute Gasteiger partial charge is 0.416 e. The molecule has 27 heavy (non-hydrogen) atoms. The molecular weight excluding hydrogens is 359 g/mol. The molecule has 0 unspecified atom stereocenters. The van der Waals surface area contributed by atoms with Gasteiger partial charge in [-0.05, 0) is 35.2 Å². The maximum absolute atomic E-state index is 12.9. The summed E-state index contributed by atoms with van der Waals surface area (Å²) >= 11 is 0. The van der Waals surface area contributed by atoms with Gasteiger partial charge in [0.15, 0.2) is 6.61 Å². The maximum Gasteiger partial charge on any atom is 0.416 e. The number of hydrogen-bond donors (Lipinski definition) is 1. The molecular formula is C20H20F3NO3. The van der Waals surface area contributed by atoms with Crippen LogP contribution in [0.5, 0.6) is 0 Å². The standard InChI is InChI=1S/C20H20F3NO3/c1-13(2)14-7-9-15(10-8-14)19(26)27-12-18(25)24-11-16-5-3-4-6-17(16)20(21,22)23/h3-10,13H,11-12H2,1-2H3,(H,24,25). The van der Waals surface area contributed by atoms with Crippen LogP contribution >= 0.6 is 0 Å². The first-order chi connectivity index (χ1) is 12.7. The van der Waals surface area contributed by atoms with Crippen molar-refractivity contribution in [2.45, 2.75) is 32.5 Å². The van der Waals surface area contributed by atoms with E-state index < -0.39 is 30.2 Å². The van der Waals surface area contributed by atoms with Gasteiger partial charge in [0.2, 0.25) is 0 Å². The molecule has 0 saturated heterocycles. The number of benzene rings is 2. The molecule has 2 aromatic rings. The van der Waals surface area contributed by atoms with Gasteiger partial charge in [-0.15, -0.1) is 0 Å². The van der Waals surface area contributed by atoms with Crippen LogP contribution in [-0.4, -0.2) is 18.5 Å². The van der Waals surface area contributed by atoms with Gasteiger partial charge >= 0.3 is 12.1 Å². The number of esters is 1. The summed E-state index contributed by atoms with van der Waals surface area (Å²) in [6.45, 7) is 3.16. The van der Waals surface area contributed by atoms with Gasteiger partial charge in [0, 0.05) is 6.54 Å². The largest absolute Gasteiger partial charge is 0.452 e. The SMILES string of the molecule is CC(C)c1ccc(C(=O)OCC(=O)NCc2ccccc2C(F)(F)F)cc1. The number of hydrogen-bond acceptors (Lipinski definition) is 3. The summed E-state index contributed by atoms with van der Waals surface area (Å²) < 4.78 is 43.6. The van der Waals surface area contributed by atoms with E-state index in [4.69, 9.17) is 4.74 Å². The fourth-order valence-corrected chi connectivity index (χ4v) is 2.41. The molecule has 0 spiro atoms. The van der Waals surface area contributed by atoms with E-state index in [1.165, 1.54) is 18.2 Å². The number of amides is 1. The van der Waals surface area contributed by atoms with E-state index in [-0.39, 0.29) is 12.1 Å². The second-order valence-corrected chi connectivity index (χ2v) is 6.28. The van der Waals surface area contributed by atoms with Crippen molar-refractivity contribution >= 4 is 11.9 Å². The topological polar surface area (TPSA) is 55.4 Å². The number of carbonyl (C=O) groups excluding carboxylic acids is 2. The molecule has 0 saturated carbocycles. The fourth-order valence-electron chi connectivity index (χ4n) is 2.41. The summed E-state index contributed by atoms with van der Waals surface area (Å²) in [7, 11) is 0. The summed E-state index contributed by atoms with van der Waals surface area (Å²) in [6.07, 6.45) is -4.50. The average molecular weight is 379 g/mol. The minimum absolute atomic E-state index is 0.0612. The van der Waals surface area contributed by atoms with Gasteiger partial charge < -0.3 is 10.1 Å². The highest BCUT2D eigenvalue weighted by molar-refractivity contribution is 5.91. The van der Waals surface area contributed by atoms with Crippen LogP contribution in [0, 0.1) is 0 Å². The Morgan fingerprint density at radius 1 is 1.04 bits per heavy atom. The van der Waals surface area contributed by atoms with Gasteiger partial charge in [0.05, 0.1) is 11.1 Å². The Labute approximate surface area is 155 Å². The molecule has 0 bridgehead atoms. The van der Waals surface area contributed by atoms with E-state index in [9.17, 15) is 22.8 Å². The number of carbonyl (C=O) groups is 2. The molecule has 144 valence electrons. The molecule has 0 atom stereocenters. The summed E-state index contributed by atoms with van der Waals surface area (Å²) in [5, 5.41) is 2.33. The third kappa shape index (κ3) is 5.84. The van der Waals surface area contributed by atoms with Crippen LogP contribution in [0.1, 0.15) is 46.8 Å². The van der Waals surface area contributed by atoms with Gasteiger partial charge in [-0.3, -0.25) is 4.79 Å². The highest BCUT2D eigenvalue weighted by atomic mass is 19.4. The lowest BCUT2D eigenvalue weighted by atomic mass is 10.0. The van der Waals surface area contributed by atoms with Gasteiger partial charge in [-0.2, -0.15) is 13.2 Å². The molecule has 0 heterocycles. The Balaban J connectivity index is 1.87. The number of ether oxygens (including phenoxy) is 1. The highest BCUT2D eigenvalue weighted by Gasteiger charge is 2.32. The van der Waals surface area contributed by atoms with Crippen molar-refractivity contribution in [1.82, 2.24) is 5.32 Å². The molecule has 0 aliphatic heterocycles. The van der Waals surface area contributed by atoms with Crippen molar-refractivity contribution in [3.05, 3.63) is 70.8 Å². The van der Waals surface area contributed by atoms with E-state index in [2.05, 4.69) is 5.32 Å². The van der Waals surface area contributed by atoms with Crippen LogP contribution in [-0.2, 0) is 22.3 Å². The summed E-state index contributed by atoms with van der Waals surface area (Å²) in [4.78, 5) is 23.7. The minimum Gasteiger partial charge on any atom is -0.452 e. The molecule has 0 aliphatic carbocycles. The van der Waals surface area contributed by atoms with Gasteiger partial charge in [0.25, 0.3) is 5.91 Å². The van der Waals surface area contributed by atoms with Gasteiger partial charge in [-0.1, -0.05) is 44.2 Å². The van der Waals surface area contributed by atoms with Crippen LogP contribution in [0.4, 0.5) is 13.2 Å². The lowest BCUT2D eigenvalue weighted by Gasteiger charge is -2.13. The molecule has 7 heteroatoms. The van der Waals surface area contributed by atoms with Gasteiger partial charge in [0.1, 0.15) is 0 Å². The van der Waals surface area contributed by atoms with E-state index in [1.807, 2.05) is 13.8 Å². The zero-order valence-corrected chi connectivity index (χ0v) is 15.0. The lowest BCUT2D eigenvalue weighted by Crippen LogP contribution is -2.29. The molecule has 1 N–H and O–H groups in total. The second-order valence-electron chi connectivity index (χ2n) is 6.28. The van der Waals surface area contributed by atoms with Crippen molar-refractivity contribution < 1.29 is 27.5 Å². The van der Waals surface area contributed by atoms with Crippen LogP contribution in [0.15, 0.2) is 48.5 Å². The number of nitrogens with one attached hydrogen (secondary N) is 1. The zero-order valence-electron chi connectivity index (χ0n) is 15.0. The summed E-state index contributed by atoms with van der Waals surface area (Å²) in [5.41, 5.74) is 0.490. The molecule has 1 amide bonds. The number of halogens is 3. The average Bonchev–Trinajstić information content (AvgIpc) is 2.64. The van der Waals surface area contributed by atoms with Gasteiger partial charge in [-0.25, -0.2) is 4.79 Å². The normalized spacial score (nSPS) is 11.3. The minimum atomic E-state index is -4.50. The van der Waals surface area contributed by atoms with Crippen molar-refractivity contribution in [2.24, 2.45) is 0 Å². The van der Waals surface area contributed by atoms with Crippen molar-refractivity contribution in [2.75, 3.05) is 6.61 Å². The van der Waals surface area contributed by atoms with Crippen molar-refractivity contribution in [3.8, 4) is 0 Å². The third-order valence-electron chi connectivity index (χ3n) is 3.95. The molecule has 0 radical (unpaired) electrons. The van der Waals surface area contributed by atoms with Crippen LogP contribution in [0.2, 0.25) is 0 Å². The first-order valence-electron chi connectivity index (χ1n) is 8.37. The maximum atomic E-state index is 12.9. The Hall–Kier alpha value is -2.83. The Morgan fingerprint density at radius 2 is 1.67 bits per heavy atom. The zero-order chi connectivity index (χ0) is 20.0. The molecule has 0 aromatic heterocycles. The van der Waals surface area contributed by atoms with E-state index in [0.29, 0.717) is 11.5 Å². The number of rotatable bonds is 6. The van der Waals surface area contributed by atoms with E-state index >= 15 is 0 Å². The second kappa shape index (κ2) is 8.70. The third-order valence-corrected chi connectivity index (χ3v) is 3.95. The lowest BCUT2D eigenvalue weighted by molar-refractivity contribution is -0.138. The van der Waals surface area contributed by atoms with Crippen LogP contribution in [0.3, 0.4) is 0 Å². The van der Waals surface area contributed by atoms with E-state index in [1.54, 1.807) is 24.3 Å². The molecule has 4 nitrogen and oxygen atoms in total. The predicted octanol–water partition coefficient (Wildman–Crippen LogP) is 4.30. The van der Waals surface area contributed by atoms with Crippen LogP contribution < -0.4 is 5.32 Å². The first kappa shape index (κ1) is 20.5. The van der Waals surface area contributed by atoms with Crippen molar-refractivity contribution in [1.29, 1.82) is 0 Å². The van der Waals surface area contributed by atoms with E-state index in [0.717, 1.165) is 11.6 Å². The predicted molar refractivity (Wildman–Crippen MR) is 94.1 cm³/mol. The molecule has 2 aromatic carbocycles. The summed E-state index contributed by atoms with van der Waals surface area (Å²) in [5.74, 6) is -1.03. The Morgan fingerprint density at radius 3 is 2.26 bits per heavy atom.